The van der Waals surface area contributed by atoms with Crippen molar-refractivity contribution in [3.05, 3.63) is 29.8 Å². The number of nitrogens with one attached hydrogen (secondary N) is 1. The van der Waals surface area contributed by atoms with E-state index in [9.17, 15) is 9.59 Å². The lowest BCUT2D eigenvalue weighted by Gasteiger charge is -2.11. The molecule has 0 aliphatic heterocycles. The van der Waals surface area contributed by atoms with Gasteiger partial charge in [0.05, 0.1) is 6.42 Å². The van der Waals surface area contributed by atoms with Crippen LogP contribution in [0.2, 0.25) is 0 Å². The number of thioether (sulfide) groups is 1. The van der Waals surface area contributed by atoms with Crippen molar-refractivity contribution in [1.82, 2.24) is 5.32 Å². The molecule has 4 nitrogen and oxygen atoms in total. The van der Waals surface area contributed by atoms with Crippen molar-refractivity contribution in [2.24, 2.45) is 0 Å². The first-order chi connectivity index (χ1) is 8.02. The quantitative estimate of drug-likeness (QED) is 0.788. The van der Waals surface area contributed by atoms with Crippen LogP contribution in [-0.4, -0.2) is 29.3 Å². The van der Waals surface area contributed by atoms with Crippen molar-refractivity contribution in [2.45, 2.75) is 24.3 Å². The van der Waals surface area contributed by atoms with E-state index in [2.05, 4.69) is 5.32 Å². The van der Waals surface area contributed by atoms with Crippen molar-refractivity contribution >= 4 is 23.6 Å². The van der Waals surface area contributed by atoms with Crippen molar-refractivity contribution in [3.8, 4) is 0 Å². The summed E-state index contributed by atoms with van der Waals surface area (Å²) in [4.78, 5) is 23.3. The monoisotopic (exact) mass is 253 g/mol. The van der Waals surface area contributed by atoms with Crippen LogP contribution in [0, 0.1) is 0 Å². The molecule has 0 saturated heterocycles. The number of carbonyl (C=O) groups excluding carboxylic acids is 1. The highest BCUT2D eigenvalue weighted by molar-refractivity contribution is 7.98. The molecule has 0 heterocycles. The van der Waals surface area contributed by atoms with E-state index in [4.69, 9.17) is 5.11 Å². The third kappa shape index (κ3) is 4.48. The van der Waals surface area contributed by atoms with Crippen molar-refractivity contribution in [2.75, 3.05) is 6.26 Å². The zero-order valence-electron chi connectivity index (χ0n) is 9.77. The smallest absolute Gasteiger partial charge is 0.305 e. The SMILES string of the molecule is CSc1ccc(C(=O)NC(C)CC(=O)O)cc1. The number of rotatable bonds is 5. The molecule has 2 N–H and O–H groups in total. The van der Waals surface area contributed by atoms with Crippen LogP contribution in [0.5, 0.6) is 0 Å². The zero-order chi connectivity index (χ0) is 12.8. The van der Waals surface area contributed by atoms with Gasteiger partial charge in [0.2, 0.25) is 0 Å². The Kier molecular flexibility index (Phi) is 5.03. The lowest BCUT2D eigenvalue weighted by molar-refractivity contribution is -0.137. The van der Waals surface area contributed by atoms with E-state index in [1.165, 1.54) is 0 Å². The van der Waals surface area contributed by atoms with E-state index >= 15 is 0 Å². The summed E-state index contributed by atoms with van der Waals surface area (Å²) in [6, 6.07) is 6.81. The van der Waals surface area contributed by atoms with E-state index in [0.717, 1.165) is 4.90 Å². The summed E-state index contributed by atoms with van der Waals surface area (Å²) in [6.07, 6.45) is 1.89. The largest absolute Gasteiger partial charge is 0.481 e. The molecule has 0 aliphatic carbocycles. The van der Waals surface area contributed by atoms with Gasteiger partial charge in [0.1, 0.15) is 0 Å². The van der Waals surface area contributed by atoms with Gasteiger partial charge in [-0.05, 0) is 37.4 Å². The fourth-order valence-electron chi connectivity index (χ4n) is 1.36. The molecular formula is C12H15NO3S. The lowest BCUT2D eigenvalue weighted by Crippen LogP contribution is -2.34. The second kappa shape index (κ2) is 6.30. The number of hydrogen-bond donors (Lipinski definition) is 2. The van der Waals surface area contributed by atoms with E-state index in [0.29, 0.717) is 5.56 Å². The van der Waals surface area contributed by atoms with Crippen LogP contribution >= 0.6 is 11.8 Å². The number of benzene rings is 1. The van der Waals surface area contributed by atoms with Gasteiger partial charge in [-0.2, -0.15) is 0 Å². The zero-order valence-corrected chi connectivity index (χ0v) is 10.6. The molecule has 5 heteroatoms. The molecule has 0 bridgehead atoms. The Balaban J connectivity index is 2.60. The average molecular weight is 253 g/mol. The molecule has 0 saturated carbocycles. The van der Waals surface area contributed by atoms with E-state index < -0.39 is 5.97 Å². The predicted octanol–water partition coefficient (Wildman–Crippen LogP) is 2.00. The second-order valence-corrected chi connectivity index (χ2v) is 4.58. The normalized spacial score (nSPS) is 11.9. The molecule has 1 atom stereocenters. The molecule has 1 aromatic carbocycles. The van der Waals surface area contributed by atoms with Gasteiger partial charge in [0.15, 0.2) is 0 Å². The standard InChI is InChI=1S/C12H15NO3S/c1-8(7-11(14)15)13-12(16)9-3-5-10(17-2)6-4-9/h3-6,8H,7H2,1-2H3,(H,13,16)(H,14,15). The Morgan fingerprint density at radius 2 is 1.94 bits per heavy atom. The van der Waals surface area contributed by atoms with Gasteiger partial charge < -0.3 is 10.4 Å². The molecule has 0 aromatic heterocycles. The molecule has 1 aromatic rings. The molecule has 17 heavy (non-hydrogen) atoms. The van der Waals surface area contributed by atoms with Gasteiger partial charge in [-0.15, -0.1) is 11.8 Å². The molecule has 0 aliphatic rings. The Morgan fingerprint density at radius 1 is 1.35 bits per heavy atom. The first-order valence-corrected chi connectivity index (χ1v) is 6.42. The predicted molar refractivity (Wildman–Crippen MR) is 67.4 cm³/mol. The van der Waals surface area contributed by atoms with Crippen molar-refractivity contribution < 1.29 is 14.7 Å². The fourth-order valence-corrected chi connectivity index (χ4v) is 1.77. The van der Waals surface area contributed by atoms with Crippen LogP contribution in [-0.2, 0) is 4.79 Å². The Labute approximate surface area is 104 Å². The third-order valence-corrected chi connectivity index (χ3v) is 2.95. The molecule has 0 fully saturated rings. The van der Waals surface area contributed by atoms with E-state index in [1.807, 2.05) is 18.4 Å². The molecule has 0 spiro atoms. The van der Waals surface area contributed by atoms with Crippen molar-refractivity contribution in [3.63, 3.8) is 0 Å². The summed E-state index contributed by atoms with van der Waals surface area (Å²) in [5.74, 6) is -1.16. The van der Waals surface area contributed by atoms with Gasteiger partial charge in [-0.1, -0.05) is 0 Å². The maximum Gasteiger partial charge on any atom is 0.305 e. The highest BCUT2D eigenvalue weighted by Crippen LogP contribution is 2.14. The summed E-state index contributed by atoms with van der Waals surface area (Å²) >= 11 is 1.60. The summed E-state index contributed by atoms with van der Waals surface area (Å²) in [5, 5.41) is 11.2. The fraction of sp³-hybridized carbons (Fsp3) is 0.333. The van der Waals surface area contributed by atoms with Crippen molar-refractivity contribution in [1.29, 1.82) is 0 Å². The minimum atomic E-state index is -0.921. The number of hydrogen-bond acceptors (Lipinski definition) is 3. The summed E-state index contributed by atoms with van der Waals surface area (Å²) in [6.45, 7) is 1.67. The van der Waals surface area contributed by atoms with Crippen LogP contribution in [0.4, 0.5) is 0 Å². The van der Waals surface area contributed by atoms with Gasteiger partial charge in [0.25, 0.3) is 5.91 Å². The highest BCUT2D eigenvalue weighted by Gasteiger charge is 2.12. The summed E-state index contributed by atoms with van der Waals surface area (Å²) < 4.78 is 0. The number of carbonyl (C=O) groups is 2. The topological polar surface area (TPSA) is 66.4 Å². The first kappa shape index (κ1) is 13.6. The maximum atomic E-state index is 11.7. The summed E-state index contributed by atoms with van der Waals surface area (Å²) in [5.41, 5.74) is 0.542. The second-order valence-electron chi connectivity index (χ2n) is 3.70. The minimum Gasteiger partial charge on any atom is -0.481 e. The van der Waals surface area contributed by atoms with Crippen LogP contribution in [0.1, 0.15) is 23.7 Å². The van der Waals surface area contributed by atoms with Crippen LogP contribution in [0.3, 0.4) is 0 Å². The number of aliphatic carboxylic acids is 1. The molecular weight excluding hydrogens is 238 g/mol. The Bertz CT molecular complexity index is 403. The van der Waals surface area contributed by atoms with Crippen LogP contribution in [0.25, 0.3) is 0 Å². The summed E-state index contributed by atoms with van der Waals surface area (Å²) in [7, 11) is 0. The molecule has 92 valence electrons. The van der Waals surface area contributed by atoms with Crippen LogP contribution < -0.4 is 5.32 Å². The third-order valence-electron chi connectivity index (χ3n) is 2.21. The Morgan fingerprint density at radius 3 is 2.41 bits per heavy atom. The van der Waals surface area contributed by atoms with Gasteiger partial charge in [-0.3, -0.25) is 9.59 Å². The lowest BCUT2D eigenvalue weighted by atomic mass is 10.2. The maximum absolute atomic E-state index is 11.7. The molecule has 0 radical (unpaired) electrons. The number of carboxylic acids is 1. The molecule has 1 rings (SSSR count). The minimum absolute atomic E-state index is 0.0748. The number of amides is 1. The van der Waals surface area contributed by atoms with Gasteiger partial charge in [0, 0.05) is 16.5 Å². The molecule has 1 amide bonds. The van der Waals surface area contributed by atoms with Gasteiger partial charge in [-0.25, -0.2) is 0 Å². The Hall–Kier alpha value is -1.49. The number of carboxylic acid groups (broad SMARTS) is 1. The van der Waals surface area contributed by atoms with E-state index in [-0.39, 0.29) is 18.4 Å². The first-order valence-electron chi connectivity index (χ1n) is 5.19. The van der Waals surface area contributed by atoms with Gasteiger partial charge >= 0.3 is 5.97 Å². The average Bonchev–Trinajstić information content (AvgIpc) is 2.28. The highest BCUT2D eigenvalue weighted by atomic mass is 32.2. The molecule has 1 unspecified atom stereocenters. The van der Waals surface area contributed by atoms with Crippen LogP contribution in [0.15, 0.2) is 29.2 Å². The van der Waals surface area contributed by atoms with E-state index in [1.54, 1.807) is 30.8 Å².